The third kappa shape index (κ3) is 2.62. The maximum Gasteiger partial charge on any atom is 0.337 e. The van der Waals surface area contributed by atoms with Crippen molar-refractivity contribution in [3.63, 3.8) is 0 Å². The van der Waals surface area contributed by atoms with Gasteiger partial charge in [-0.3, -0.25) is 4.79 Å². The van der Waals surface area contributed by atoms with Gasteiger partial charge in [-0.05, 0) is 23.6 Å². The SMILES string of the molecule is COc1ccsc1C(=O)Nc1c(F)cccc1C(=O)O. The molecule has 7 heteroatoms. The highest BCUT2D eigenvalue weighted by Crippen LogP contribution is 2.27. The highest BCUT2D eigenvalue weighted by atomic mass is 32.1. The Bertz CT molecular complexity index is 668. The van der Waals surface area contributed by atoms with Crippen molar-refractivity contribution in [1.82, 2.24) is 0 Å². The van der Waals surface area contributed by atoms with E-state index in [9.17, 15) is 14.0 Å². The molecule has 0 saturated carbocycles. The first-order valence-electron chi connectivity index (χ1n) is 5.49. The van der Waals surface area contributed by atoms with Crippen LogP contribution in [-0.4, -0.2) is 24.1 Å². The largest absolute Gasteiger partial charge is 0.495 e. The number of nitrogens with one attached hydrogen (secondary N) is 1. The molecule has 20 heavy (non-hydrogen) atoms. The summed E-state index contributed by atoms with van der Waals surface area (Å²) in [5.41, 5.74) is -0.672. The van der Waals surface area contributed by atoms with Crippen molar-refractivity contribution in [2.75, 3.05) is 12.4 Å². The molecule has 2 aromatic rings. The first-order chi connectivity index (χ1) is 9.54. The minimum absolute atomic E-state index is 0.243. The Labute approximate surface area is 117 Å². The highest BCUT2D eigenvalue weighted by molar-refractivity contribution is 7.12. The number of carbonyl (C=O) groups is 2. The van der Waals surface area contributed by atoms with Crippen molar-refractivity contribution < 1.29 is 23.8 Å². The Morgan fingerprint density at radius 2 is 2.10 bits per heavy atom. The van der Waals surface area contributed by atoms with Crippen molar-refractivity contribution >= 4 is 28.9 Å². The van der Waals surface area contributed by atoms with Gasteiger partial charge in [0.25, 0.3) is 5.91 Å². The van der Waals surface area contributed by atoms with Gasteiger partial charge in [-0.2, -0.15) is 0 Å². The van der Waals surface area contributed by atoms with Gasteiger partial charge in [0, 0.05) is 0 Å². The number of para-hydroxylation sites is 1. The van der Waals surface area contributed by atoms with Gasteiger partial charge < -0.3 is 15.2 Å². The Kier molecular flexibility index (Phi) is 3.99. The molecule has 1 amide bonds. The zero-order chi connectivity index (χ0) is 14.7. The molecule has 5 nitrogen and oxygen atoms in total. The number of aromatic carboxylic acids is 1. The van der Waals surface area contributed by atoms with Crippen LogP contribution in [0.25, 0.3) is 0 Å². The number of benzene rings is 1. The molecule has 104 valence electrons. The van der Waals surface area contributed by atoms with Crippen LogP contribution in [0.15, 0.2) is 29.6 Å². The molecule has 0 radical (unpaired) electrons. The van der Waals surface area contributed by atoms with Gasteiger partial charge in [-0.25, -0.2) is 9.18 Å². The van der Waals surface area contributed by atoms with E-state index in [2.05, 4.69) is 5.32 Å². The summed E-state index contributed by atoms with van der Waals surface area (Å²) in [6.45, 7) is 0. The van der Waals surface area contributed by atoms with Gasteiger partial charge in [-0.1, -0.05) is 6.07 Å². The number of hydrogen-bond acceptors (Lipinski definition) is 4. The summed E-state index contributed by atoms with van der Waals surface area (Å²) in [5.74, 6) is -2.41. The Morgan fingerprint density at radius 3 is 2.75 bits per heavy atom. The Hall–Kier alpha value is -2.41. The fraction of sp³-hybridized carbons (Fsp3) is 0.0769. The lowest BCUT2D eigenvalue weighted by Crippen LogP contribution is -2.15. The Balaban J connectivity index is 2.35. The first kappa shape index (κ1) is 14.0. The standard InChI is InChI=1S/C13H10FNO4S/c1-19-9-5-6-20-11(9)12(16)15-10-7(13(17)18)3-2-4-8(10)14/h2-6H,1H3,(H,15,16)(H,17,18). The molecule has 0 aliphatic carbocycles. The maximum atomic E-state index is 13.7. The lowest BCUT2D eigenvalue weighted by Gasteiger charge is -2.09. The van der Waals surface area contributed by atoms with E-state index >= 15 is 0 Å². The number of carbonyl (C=O) groups excluding carboxylic acids is 1. The quantitative estimate of drug-likeness (QED) is 0.909. The second-order valence-corrected chi connectivity index (χ2v) is 4.66. The number of hydrogen-bond donors (Lipinski definition) is 2. The minimum atomic E-state index is -1.32. The normalized spacial score (nSPS) is 10.1. The van der Waals surface area contributed by atoms with Crippen molar-refractivity contribution in [2.24, 2.45) is 0 Å². The molecule has 0 fully saturated rings. The first-order valence-corrected chi connectivity index (χ1v) is 6.37. The van der Waals surface area contributed by atoms with Crippen molar-refractivity contribution in [3.8, 4) is 5.75 Å². The maximum absolute atomic E-state index is 13.7. The summed E-state index contributed by atoms with van der Waals surface area (Å²) in [6, 6.07) is 5.15. The average Bonchev–Trinajstić information content (AvgIpc) is 2.89. The van der Waals surface area contributed by atoms with E-state index in [-0.39, 0.29) is 16.1 Å². The van der Waals surface area contributed by atoms with Gasteiger partial charge in [0.15, 0.2) is 0 Å². The second-order valence-electron chi connectivity index (χ2n) is 3.74. The molecule has 0 aliphatic heterocycles. The zero-order valence-corrected chi connectivity index (χ0v) is 11.2. The van der Waals surface area contributed by atoms with Crippen LogP contribution >= 0.6 is 11.3 Å². The summed E-state index contributed by atoms with van der Waals surface area (Å²) in [6.07, 6.45) is 0. The third-order valence-corrected chi connectivity index (χ3v) is 3.43. The number of thiophene rings is 1. The summed E-state index contributed by atoms with van der Waals surface area (Å²) in [5, 5.41) is 12.9. The third-order valence-electron chi connectivity index (χ3n) is 2.54. The summed E-state index contributed by atoms with van der Waals surface area (Å²) < 4.78 is 18.7. The van der Waals surface area contributed by atoms with Crippen LogP contribution in [0.5, 0.6) is 5.75 Å². The number of methoxy groups -OCH3 is 1. The smallest absolute Gasteiger partial charge is 0.337 e. The average molecular weight is 295 g/mol. The predicted octanol–water partition coefficient (Wildman–Crippen LogP) is 2.85. The van der Waals surface area contributed by atoms with Gasteiger partial charge in [0.1, 0.15) is 16.4 Å². The van der Waals surface area contributed by atoms with Crippen LogP contribution in [-0.2, 0) is 0 Å². The minimum Gasteiger partial charge on any atom is -0.495 e. The second kappa shape index (κ2) is 5.70. The fourth-order valence-electron chi connectivity index (χ4n) is 1.62. The van der Waals surface area contributed by atoms with E-state index in [1.54, 1.807) is 11.4 Å². The van der Waals surface area contributed by atoms with Crippen LogP contribution in [0, 0.1) is 5.82 Å². The topological polar surface area (TPSA) is 75.6 Å². The van der Waals surface area contributed by atoms with Crippen LogP contribution < -0.4 is 10.1 Å². The van der Waals surface area contributed by atoms with Gasteiger partial charge >= 0.3 is 5.97 Å². The van der Waals surface area contributed by atoms with E-state index in [0.717, 1.165) is 17.4 Å². The van der Waals surface area contributed by atoms with Crippen LogP contribution in [0.2, 0.25) is 0 Å². The molecular formula is C13H10FNO4S. The van der Waals surface area contributed by atoms with Gasteiger partial charge in [0.2, 0.25) is 0 Å². The summed E-state index contributed by atoms with van der Waals surface area (Å²) in [7, 11) is 1.41. The highest BCUT2D eigenvalue weighted by Gasteiger charge is 2.20. The van der Waals surface area contributed by atoms with Crippen molar-refractivity contribution in [1.29, 1.82) is 0 Å². The molecule has 0 unspecified atom stereocenters. The molecule has 2 N–H and O–H groups in total. The van der Waals surface area contributed by atoms with Gasteiger partial charge in [-0.15, -0.1) is 11.3 Å². The monoisotopic (exact) mass is 295 g/mol. The van der Waals surface area contributed by atoms with E-state index in [0.29, 0.717) is 5.75 Å². The molecule has 1 aromatic heterocycles. The molecule has 0 atom stereocenters. The molecule has 0 aliphatic rings. The van der Waals surface area contributed by atoms with E-state index in [4.69, 9.17) is 9.84 Å². The fourth-order valence-corrected chi connectivity index (χ4v) is 2.38. The molecule has 1 heterocycles. The number of amides is 1. The summed E-state index contributed by atoms with van der Waals surface area (Å²) >= 11 is 1.11. The molecular weight excluding hydrogens is 285 g/mol. The van der Waals surface area contributed by atoms with E-state index in [1.165, 1.54) is 19.2 Å². The lowest BCUT2D eigenvalue weighted by atomic mass is 10.1. The number of carboxylic acids is 1. The molecule has 2 rings (SSSR count). The number of rotatable bonds is 4. The van der Waals surface area contributed by atoms with Crippen LogP contribution in [0.3, 0.4) is 0 Å². The van der Waals surface area contributed by atoms with Crippen LogP contribution in [0.4, 0.5) is 10.1 Å². The van der Waals surface area contributed by atoms with E-state index in [1.807, 2.05) is 0 Å². The van der Waals surface area contributed by atoms with Crippen molar-refractivity contribution in [2.45, 2.75) is 0 Å². The molecule has 0 saturated heterocycles. The molecule has 0 bridgehead atoms. The Morgan fingerprint density at radius 1 is 1.35 bits per heavy atom. The summed E-state index contributed by atoms with van der Waals surface area (Å²) in [4.78, 5) is 23.3. The zero-order valence-electron chi connectivity index (χ0n) is 10.3. The van der Waals surface area contributed by atoms with Crippen LogP contribution in [0.1, 0.15) is 20.0 Å². The predicted molar refractivity (Wildman–Crippen MR) is 72.2 cm³/mol. The number of carboxylic acid groups (broad SMARTS) is 1. The number of halogens is 1. The molecule has 1 aromatic carbocycles. The van der Waals surface area contributed by atoms with Crippen molar-refractivity contribution in [3.05, 3.63) is 45.9 Å². The van der Waals surface area contributed by atoms with Gasteiger partial charge in [0.05, 0.1) is 18.4 Å². The number of anilines is 1. The number of ether oxygens (including phenoxy) is 1. The molecule has 0 spiro atoms. The van der Waals surface area contributed by atoms with E-state index < -0.39 is 17.7 Å². The lowest BCUT2D eigenvalue weighted by molar-refractivity contribution is 0.0697.